The lowest BCUT2D eigenvalue weighted by atomic mass is 10.0. The highest BCUT2D eigenvalue weighted by atomic mass is 16.5. The Balaban J connectivity index is 1.60. The number of benzene rings is 2. The van der Waals surface area contributed by atoms with Gasteiger partial charge in [-0.15, -0.1) is 0 Å². The number of para-hydroxylation sites is 1. The SMILES string of the molecule is CN1CCN(C(=O)COc2ccccc2)CC1c1ccccc1. The van der Waals surface area contributed by atoms with Crippen LogP contribution in [0.5, 0.6) is 5.75 Å². The summed E-state index contributed by atoms with van der Waals surface area (Å²) in [5.41, 5.74) is 1.25. The fourth-order valence-electron chi connectivity index (χ4n) is 2.89. The number of rotatable bonds is 4. The molecule has 0 N–H and O–H groups in total. The van der Waals surface area contributed by atoms with Gasteiger partial charge in [-0.25, -0.2) is 0 Å². The van der Waals surface area contributed by atoms with Crippen LogP contribution in [0.15, 0.2) is 60.7 Å². The normalized spacial score (nSPS) is 18.7. The summed E-state index contributed by atoms with van der Waals surface area (Å²) in [5, 5.41) is 0. The van der Waals surface area contributed by atoms with E-state index in [2.05, 4.69) is 24.1 Å². The number of amides is 1. The van der Waals surface area contributed by atoms with E-state index in [1.165, 1.54) is 5.56 Å². The zero-order valence-corrected chi connectivity index (χ0v) is 13.4. The first-order chi connectivity index (χ1) is 11.2. The molecule has 3 rings (SSSR count). The van der Waals surface area contributed by atoms with Crippen molar-refractivity contribution in [1.82, 2.24) is 9.80 Å². The standard InChI is InChI=1S/C19H22N2O2/c1-20-12-13-21(14-18(20)16-8-4-2-5-9-16)19(22)15-23-17-10-6-3-7-11-17/h2-11,18H,12-15H2,1H3. The Morgan fingerprint density at radius 2 is 1.70 bits per heavy atom. The average molecular weight is 310 g/mol. The molecule has 1 unspecified atom stereocenters. The number of ether oxygens (including phenoxy) is 1. The third-order valence-corrected chi connectivity index (χ3v) is 4.29. The Bertz CT molecular complexity index is 630. The summed E-state index contributed by atoms with van der Waals surface area (Å²) in [5.74, 6) is 0.775. The molecule has 120 valence electrons. The molecule has 0 aromatic heterocycles. The number of hydrogen-bond acceptors (Lipinski definition) is 3. The van der Waals surface area contributed by atoms with Gasteiger partial charge in [0.2, 0.25) is 0 Å². The Morgan fingerprint density at radius 1 is 1.04 bits per heavy atom. The molecule has 23 heavy (non-hydrogen) atoms. The molecule has 1 fully saturated rings. The molecule has 0 spiro atoms. The molecule has 2 aromatic rings. The van der Waals surface area contributed by atoms with Gasteiger partial charge in [0.15, 0.2) is 6.61 Å². The van der Waals surface area contributed by atoms with E-state index in [0.29, 0.717) is 6.54 Å². The number of piperazine rings is 1. The van der Waals surface area contributed by atoms with Crippen LogP contribution >= 0.6 is 0 Å². The van der Waals surface area contributed by atoms with Crippen molar-refractivity contribution >= 4 is 5.91 Å². The lowest BCUT2D eigenvalue weighted by molar-refractivity contribution is -0.136. The molecule has 4 heteroatoms. The quantitative estimate of drug-likeness (QED) is 0.870. The van der Waals surface area contributed by atoms with E-state index in [0.717, 1.165) is 18.8 Å². The zero-order chi connectivity index (χ0) is 16.1. The molecule has 4 nitrogen and oxygen atoms in total. The van der Waals surface area contributed by atoms with E-state index >= 15 is 0 Å². The van der Waals surface area contributed by atoms with Gasteiger partial charge < -0.3 is 9.64 Å². The van der Waals surface area contributed by atoms with Gasteiger partial charge in [0.1, 0.15) is 5.75 Å². The van der Waals surface area contributed by atoms with Crippen molar-refractivity contribution in [2.24, 2.45) is 0 Å². The first-order valence-electron chi connectivity index (χ1n) is 7.95. The highest BCUT2D eigenvalue weighted by Crippen LogP contribution is 2.23. The lowest BCUT2D eigenvalue weighted by Crippen LogP contribution is -2.50. The number of nitrogens with zero attached hydrogens (tertiary/aromatic N) is 2. The van der Waals surface area contributed by atoms with Crippen LogP contribution in [0.2, 0.25) is 0 Å². The van der Waals surface area contributed by atoms with Crippen molar-refractivity contribution in [2.45, 2.75) is 6.04 Å². The average Bonchev–Trinajstić information content (AvgIpc) is 2.62. The topological polar surface area (TPSA) is 32.8 Å². The fraction of sp³-hybridized carbons (Fsp3) is 0.316. The molecule has 1 atom stereocenters. The summed E-state index contributed by atoms with van der Waals surface area (Å²) in [6.45, 7) is 2.42. The molecule has 0 radical (unpaired) electrons. The molecule has 1 aliphatic rings. The van der Waals surface area contributed by atoms with E-state index in [4.69, 9.17) is 4.74 Å². The maximum Gasteiger partial charge on any atom is 0.260 e. The first kappa shape index (κ1) is 15.6. The molecular formula is C19H22N2O2. The van der Waals surface area contributed by atoms with Crippen molar-refractivity contribution in [2.75, 3.05) is 33.3 Å². The predicted octanol–water partition coefficient (Wildman–Crippen LogP) is 2.58. The van der Waals surface area contributed by atoms with Crippen molar-refractivity contribution in [3.05, 3.63) is 66.2 Å². The maximum atomic E-state index is 12.4. The van der Waals surface area contributed by atoms with E-state index < -0.39 is 0 Å². The second-order valence-corrected chi connectivity index (χ2v) is 5.85. The molecule has 2 aromatic carbocycles. The number of carbonyl (C=O) groups is 1. The van der Waals surface area contributed by atoms with Crippen LogP contribution in [-0.2, 0) is 4.79 Å². The van der Waals surface area contributed by atoms with Gasteiger partial charge in [-0.05, 0) is 24.7 Å². The summed E-state index contributed by atoms with van der Waals surface area (Å²) in [7, 11) is 2.11. The highest BCUT2D eigenvalue weighted by Gasteiger charge is 2.28. The molecule has 1 amide bonds. The van der Waals surface area contributed by atoms with Crippen molar-refractivity contribution in [3.8, 4) is 5.75 Å². The van der Waals surface area contributed by atoms with Crippen molar-refractivity contribution in [3.63, 3.8) is 0 Å². The zero-order valence-electron chi connectivity index (χ0n) is 13.4. The van der Waals surface area contributed by atoms with Crippen LogP contribution in [0, 0.1) is 0 Å². The van der Waals surface area contributed by atoms with Crippen molar-refractivity contribution in [1.29, 1.82) is 0 Å². The maximum absolute atomic E-state index is 12.4. The second-order valence-electron chi connectivity index (χ2n) is 5.85. The van der Waals surface area contributed by atoms with Gasteiger partial charge in [-0.1, -0.05) is 48.5 Å². The highest BCUT2D eigenvalue weighted by molar-refractivity contribution is 5.78. The monoisotopic (exact) mass is 310 g/mol. The Hall–Kier alpha value is -2.33. The van der Waals surface area contributed by atoms with E-state index in [1.807, 2.05) is 53.4 Å². The smallest absolute Gasteiger partial charge is 0.260 e. The molecule has 1 heterocycles. The van der Waals surface area contributed by atoms with Crippen molar-refractivity contribution < 1.29 is 9.53 Å². The van der Waals surface area contributed by atoms with Gasteiger partial charge in [0.25, 0.3) is 5.91 Å². The van der Waals surface area contributed by atoms with Gasteiger partial charge in [-0.2, -0.15) is 0 Å². The van der Waals surface area contributed by atoms with Gasteiger partial charge in [-0.3, -0.25) is 9.69 Å². The molecule has 1 aliphatic heterocycles. The summed E-state index contributed by atoms with van der Waals surface area (Å²) in [6.07, 6.45) is 0. The largest absolute Gasteiger partial charge is 0.484 e. The Kier molecular flexibility index (Phi) is 4.93. The van der Waals surface area contributed by atoms with Crippen LogP contribution in [-0.4, -0.2) is 49.0 Å². The van der Waals surface area contributed by atoms with Crippen LogP contribution in [0.1, 0.15) is 11.6 Å². The summed E-state index contributed by atoms with van der Waals surface area (Å²) in [4.78, 5) is 16.6. The Labute approximate surface area is 137 Å². The van der Waals surface area contributed by atoms with E-state index in [-0.39, 0.29) is 18.6 Å². The van der Waals surface area contributed by atoms with Gasteiger partial charge >= 0.3 is 0 Å². The molecule has 0 saturated carbocycles. The summed E-state index contributed by atoms with van der Waals surface area (Å²) < 4.78 is 5.58. The molecule has 1 saturated heterocycles. The third-order valence-electron chi connectivity index (χ3n) is 4.29. The van der Waals surface area contributed by atoms with E-state index in [9.17, 15) is 4.79 Å². The number of likely N-dealkylation sites (N-methyl/N-ethyl adjacent to an activating group) is 1. The lowest BCUT2D eigenvalue weighted by Gasteiger charge is -2.39. The summed E-state index contributed by atoms with van der Waals surface area (Å²) >= 11 is 0. The fourth-order valence-corrected chi connectivity index (χ4v) is 2.89. The predicted molar refractivity (Wildman–Crippen MR) is 90.3 cm³/mol. The molecule has 0 bridgehead atoms. The van der Waals surface area contributed by atoms with E-state index in [1.54, 1.807) is 0 Å². The summed E-state index contributed by atoms with van der Waals surface area (Å²) in [6, 6.07) is 20.1. The third kappa shape index (κ3) is 3.90. The van der Waals surface area contributed by atoms with Crippen LogP contribution in [0.3, 0.4) is 0 Å². The Morgan fingerprint density at radius 3 is 2.39 bits per heavy atom. The first-order valence-corrected chi connectivity index (χ1v) is 7.95. The minimum absolute atomic E-state index is 0.0443. The number of hydrogen-bond donors (Lipinski definition) is 0. The van der Waals surface area contributed by atoms with Crippen LogP contribution in [0.4, 0.5) is 0 Å². The minimum Gasteiger partial charge on any atom is -0.484 e. The molecule has 0 aliphatic carbocycles. The van der Waals surface area contributed by atoms with Crippen LogP contribution < -0.4 is 4.74 Å². The minimum atomic E-state index is 0.0443. The molecular weight excluding hydrogens is 288 g/mol. The van der Waals surface area contributed by atoms with Gasteiger partial charge in [0.05, 0.1) is 6.04 Å². The number of carbonyl (C=O) groups excluding carboxylic acids is 1. The van der Waals surface area contributed by atoms with Gasteiger partial charge in [0, 0.05) is 19.6 Å². The van der Waals surface area contributed by atoms with Crippen LogP contribution in [0.25, 0.3) is 0 Å². The second kappa shape index (κ2) is 7.29.